The van der Waals surface area contributed by atoms with Gasteiger partial charge in [0.25, 0.3) is 0 Å². The summed E-state index contributed by atoms with van der Waals surface area (Å²) in [5.41, 5.74) is 0. The fraction of sp³-hybridized carbons (Fsp3) is 1.00. The van der Waals surface area contributed by atoms with Gasteiger partial charge in [-0.2, -0.15) is 0 Å². The van der Waals surface area contributed by atoms with E-state index in [1.54, 1.807) is 0 Å². The second kappa shape index (κ2) is 5.58. The molecule has 2 N–H and O–H groups in total. The third-order valence-corrected chi connectivity index (χ3v) is 2.58. The molecule has 0 bridgehead atoms. The van der Waals surface area contributed by atoms with Crippen molar-refractivity contribution < 1.29 is 5.11 Å². The topological polar surface area (TPSA) is 35.5 Å². The van der Waals surface area contributed by atoms with Crippen LogP contribution in [0.15, 0.2) is 0 Å². The van der Waals surface area contributed by atoms with Crippen molar-refractivity contribution >= 4 is 0 Å². The van der Waals surface area contributed by atoms with Crippen molar-refractivity contribution in [3.8, 4) is 0 Å². The van der Waals surface area contributed by atoms with E-state index in [1.165, 1.54) is 12.8 Å². The highest BCUT2D eigenvalue weighted by Gasteiger charge is 2.21. The van der Waals surface area contributed by atoms with E-state index in [-0.39, 0.29) is 6.10 Å². The van der Waals surface area contributed by atoms with Crippen LogP contribution in [0, 0.1) is 0 Å². The van der Waals surface area contributed by atoms with Gasteiger partial charge in [-0.05, 0) is 25.9 Å². The SMILES string of the molecule is CCN(CC)CC(O)CNC1CC1. The first-order chi connectivity index (χ1) is 6.26. The molecule has 0 aliphatic heterocycles. The zero-order valence-corrected chi connectivity index (χ0v) is 8.79. The summed E-state index contributed by atoms with van der Waals surface area (Å²) >= 11 is 0. The first-order valence-corrected chi connectivity index (χ1v) is 5.40. The lowest BCUT2D eigenvalue weighted by atomic mass is 10.3. The number of nitrogens with zero attached hydrogens (tertiary/aromatic N) is 1. The molecule has 1 rings (SSSR count). The third-order valence-electron chi connectivity index (χ3n) is 2.58. The summed E-state index contributed by atoms with van der Waals surface area (Å²) in [5, 5.41) is 13.0. The number of aliphatic hydroxyl groups excluding tert-OH is 1. The lowest BCUT2D eigenvalue weighted by Crippen LogP contribution is -2.38. The lowest BCUT2D eigenvalue weighted by Gasteiger charge is -2.21. The van der Waals surface area contributed by atoms with Gasteiger partial charge >= 0.3 is 0 Å². The van der Waals surface area contributed by atoms with Crippen LogP contribution in [0.4, 0.5) is 0 Å². The maximum absolute atomic E-state index is 9.65. The molecule has 1 saturated carbocycles. The molecule has 0 radical (unpaired) electrons. The minimum Gasteiger partial charge on any atom is -0.390 e. The molecule has 0 aromatic heterocycles. The highest BCUT2D eigenvalue weighted by atomic mass is 16.3. The molecule has 1 aliphatic carbocycles. The summed E-state index contributed by atoms with van der Waals surface area (Å²) < 4.78 is 0. The first kappa shape index (κ1) is 11.0. The van der Waals surface area contributed by atoms with E-state index < -0.39 is 0 Å². The van der Waals surface area contributed by atoms with Gasteiger partial charge < -0.3 is 15.3 Å². The molecule has 1 aliphatic rings. The Morgan fingerprint density at radius 2 is 2.00 bits per heavy atom. The lowest BCUT2D eigenvalue weighted by molar-refractivity contribution is 0.116. The number of nitrogens with one attached hydrogen (secondary N) is 1. The van der Waals surface area contributed by atoms with Gasteiger partial charge in [0.15, 0.2) is 0 Å². The van der Waals surface area contributed by atoms with E-state index in [9.17, 15) is 5.11 Å². The van der Waals surface area contributed by atoms with Crippen molar-refractivity contribution in [3.63, 3.8) is 0 Å². The minimum atomic E-state index is -0.208. The van der Waals surface area contributed by atoms with Crippen LogP contribution in [0.1, 0.15) is 26.7 Å². The van der Waals surface area contributed by atoms with Crippen LogP contribution in [0.25, 0.3) is 0 Å². The molecule has 1 atom stereocenters. The molecule has 0 spiro atoms. The monoisotopic (exact) mass is 186 g/mol. The predicted octanol–water partition coefficient (Wildman–Crippen LogP) is 0.441. The Kier molecular flexibility index (Phi) is 4.70. The molecule has 3 nitrogen and oxygen atoms in total. The maximum Gasteiger partial charge on any atom is 0.0791 e. The summed E-state index contributed by atoms with van der Waals surface area (Å²) in [6, 6.07) is 0.700. The van der Waals surface area contributed by atoms with Crippen molar-refractivity contribution in [3.05, 3.63) is 0 Å². The van der Waals surface area contributed by atoms with Crippen LogP contribution in [0.5, 0.6) is 0 Å². The van der Waals surface area contributed by atoms with Gasteiger partial charge in [-0.15, -0.1) is 0 Å². The molecular formula is C10H22N2O. The van der Waals surface area contributed by atoms with Gasteiger partial charge in [0, 0.05) is 19.1 Å². The number of aliphatic hydroxyl groups is 1. The number of hydrogen-bond acceptors (Lipinski definition) is 3. The summed E-state index contributed by atoms with van der Waals surface area (Å²) in [5.74, 6) is 0. The quantitative estimate of drug-likeness (QED) is 0.605. The Balaban J connectivity index is 2.03. The van der Waals surface area contributed by atoms with E-state index in [0.29, 0.717) is 6.04 Å². The van der Waals surface area contributed by atoms with Gasteiger partial charge in [-0.3, -0.25) is 0 Å². The van der Waals surface area contributed by atoms with Crippen LogP contribution in [0.2, 0.25) is 0 Å². The number of rotatable bonds is 7. The Bertz CT molecular complexity index is 133. The van der Waals surface area contributed by atoms with Crippen LogP contribution >= 0.6 is 0 Å². The summed E-state index contributed by atoms with van der Waals surface area (Å²) in [7, 11) is 0. The highest BCUT2D eigenvalue weighted by molar-refractivity contribution is 4.82. The molecule has 0 heterocycles. The Morgan fingerprint density at radius 3 is 2.46 bits per heavy atom. The number of likely N-dealkylation sites (N-methyl/N-ethyl adjacent to an activating group) is 1. The van der Waals surface area contributed by atoms with Gasteiger partial charge in [-0.1, -0.05) is 13.8 Å². The molecule has 0 aromatic carbocycles. The molecular weight excluding hydrogens is 164 g/mol. The van der Waals surface area contributed by atoms with Gasteiger partial charge in [0.1, 0.15) is 0 Å². The second-order valence-corrected chi connectivity index (χ2v) is 3.82. The average Bonchev–Trinajstić information content (AvgIpc) is 2.94. The Labute approximate surface area is 81.1 Å². The van der Waals surface area contributed by atoms with Gasteiger partial charge in [-0.25, -0.2) is 0 Å². The van der Waals surface area contributed by atoms with E-state index in [0.717, 1.165) is 26.2 Å². The van der Waals surface area contributed by atoms with Crippen molar-refractivity contribution in [1.82, 2.24) is 10.2 Å². The Hall–Kier alpha value is -0.120. The fourth-order valence-corrected chi connectivity index (χ4v) is 1.43. The minimum absolute atomic E-state index is 0.208. The van der Waals surface area contributed by atoms with Gasteiger partial charge in [0.2, 0.25) is 0 Å². The molecule has 1 fully saturated rings. The molecule has 3 heteroatoms. The molecule has 78 valence electrons. The normalized spacial score (nSPS) is 19.4. The molecule has 0 aromatic rings. The van der Waals surface area contributed by atoms with E-state index >= 15 is 0 Å². The standard InChI is InChI=1S/C10H22N2O/c1-3-12(4-2)8-10(13)7-11-9-5-6-9/h9-11,13H,3-8H2,1-2H3. The van der Waals surface area contributed by atoms with Gasteiger partial charge in [0.05, 0.1) is 6.10 Å². The van der Waals surface area contributed by atoms with Crippen molar-refractivity contribution in [1.29, 1.82) is 0 Å². The highest BCUT2D eigenvalue weighted by Crippen LogP contribution is 2.18. The molecule has 0 saturated heterocycles. The van der Waals surface area contributed by atoms with E-state index in [1.807, 2.05) is 0 Å². The van der Waals surface area contributed by atoms with Crippen molar-refractivity contribution in [2.45, 2.75) is 38.8 Å². The first-order valence-electron chi connectivity index (χ1n) is 5.40. The predicted molar refractivity (Wildman–Crippen MR) is 54.8 cm³/mol. The zero-order chi connectivity index (χ0) is 9.68. The van der Waals surface area contributed by atoms with Crippen LogP contribution in [-0.4, -0.2) is 48.3 Å². The van der Waals surface area contributed by atoms with Crippen LogP contribution in [-0.2, 0) is 0 Å². The van der Waals surface area contributed by atoms with Crippen molar-refractivity contribution in [2.24, 2.45) is 0 Å². The van der Waals surface area contributed by atoms with E-state index in [4.69, 9.17) is 0 Å². The average molecular weight is 186 g/mol. The second-order valence-electron chi connectivity index (χ2n) is 3.82. The van der Waals surface area contributed by atoms with Crippen LogP contribution in [0.3, 0.4) is 0 Å². The number of hydrogen-bond donors (Lipinski definition) is 2. The smallest absolute Gasteiger partial charge is 0.0791 e. The Morgan fingerprint density at radius 1 is 1.38 bits per heavy atom. The fourth-order valence-electron chi connectivity index (χ4n) is 1.43. The third kappa shape index (κ3) is 4.60. The van der Waals surface area contributed by atoms with Crippen LogP contribution < -0.4 is 5.32 Å². The maximum atomic E-state index is 9.65. The molecule has 13 heavy (non-hydrogen) atoms. The largest absolute Gasteiger partial charge is 0.390 e. The summed E-state index contributed by atoms with van der Waals surface area (Å²) in [6.07, 6.45) is 2.37. The van der Waals surface area contributed by atoms with Crippen molar-refractivity contribution in [2.75, 3.05) is 26.2 Å². The molecule has 0 amide bonds. The van der Waals surface area contributed by atoms with E-state index in [2.05, 4.69) is 24.1 Å². The zero-order valence-electron chi connectivity index (χ0n) is 8.79. The summed E-state index contributed by atoms with van der Waals surface area (Å²) in [4.78, 5) is 2.25. The summed E-state index contributed by atoms with van der Waals surface area (Å²) in [6.45, 7) is 7.86. The molecule has 1 unspecified atom stereocenters.